The normalized spacial score (nSPS) is 11.9. The molecule has 0 aliphatic carbocycles. The molecule has 0 aromatic heterocycles. The number of benzene rings is 2. The fraction of sp³-hybridized carbons (Fsp3) is 0.235. The molecule has 0 aliphatic rings. The molecule has 104 valence electrons. The van der Waals surface area contributed by atoms with E-state index in [1.165, 1.54) is 6.07 Å². The minimum absolute atomic E-state index is 0.0320. The Labute approximate surface area is 118 Å². The lowest BCUT2D eigenvalue weighted by Crippen LogP contribution is -2.29. The van der Waals surface area contributed by atoms with Crippen LogP contribution < -0.4 is 5.32 Å². The minimum atomic E-state index is -0.338. The first-order valence-electron chi connectivity index (χ1n) is 6.78. The number of amides is 1. The summed E-state index contributed by atoms with van der Waals surface area (Å²) in [5, 5.41) is 2.95. The van der Waals surface area contributed by atoms with Gasteiger partial charge in [0, 0.05) is 0 Å². The van der Waals surface area contributed by atoms with Gasteiger partial charge < -0.3 is 5.32 Å². The third-order valence-electron chi connectivity index (χ3n) is 3.25. The molecule has 1 amide bonds. The van der Waals surface area contributed by atoms with Gasteiger partial charge in [0.1, 0.15) is 5.82 Å². The third kappa shape index (κ3) is 3.67. The number of rotatable bonds is 5. The van der Waals surface area contributed by atoms with Crippen LogP contribution in [0.1, 0.15) is 30.5 Å². The predicted octanol–water partition coefficient (Wildman–Crippen LogP) is 3.64. The maximum absolute atomic E-state index is 13.5. The van der Waals surface area contributed by atoms with Gasteiger partial charge in [0.25, 0.3) is 0 Å². The van der Waals surface area contributed by atoms with Gasteiger partial charge in [-0.3, -0.25) is 4.79 Å². The van der Waals surface area contributed by atoms with Crippen molar-refractivity contribution in [2.24, 2.45) is 0 Å². The molecule has 2 rings (SSSR count). The van der Waals surface area contributed by atoms with E-state index in [0.29, 0.717) is 5.56 Å². The standard InChI is InChI=1S/C17H18FNO/c1-2-16(13-8-4-3-5-9-13)19-17(20)12-14-10-6-7-11-15(14)18/h3-11,16H,2,12H2,1H3,(H,19,20)/t16-/m1/s1. The summed E-state index contributed by atoms with van der Waals surface area (Å²) in [7, 11) is 0. The van der Waals surface area contributed by atoms with Crippen molar-refractivity contribution >= 4 is 5.91 Å². The lowest BCUT2D eigenvalue weighted by atomic mass is 10.0. The maximum Gasteiger partial charge on any atom is 0.225 e. The van der Waals surface area contributed by atoms with Gasteiger partial charge in [-0.15, -0.1) is 0 Å². The molecule has 2 aromatic rings. The Morgan fingerprint density at radius 2 is 1.75 bits per heavy atom. The first kappa shape index (κ1) is 14.3. The highest BCUT2D eigenvalue weighted by Crippen LogP contribution is 2.16. The summed E-state index contributed by atoms with van der Waals surface area (Å²) < 4.78 is 13.5. The van der Waals surface area contributed by atoms with E-state index in [1.54, 1.807) is 18.2 Å². The molecule has 0 bridgehead atoms. The van der Waals surface area contributed by atoms with Gasteiger partial charge in [-0.25, -0.2) is 4.39 Å². The summed E-state index contributed by atoms with van der Waals surface area (Å²) in [4.78, 5) is 12.0. The number of hydrogen-bond donors (Lipinski definition) is 1. The Kier molecular flexibility index (Phi) is 4.88. The Hall–Kier alpha value is -2.16. The van der Waals surface area contributed by atoms with Gasteiger partial charge >= 0.3 is 0 Å². The van der Waals surface area contributed by atoms with E-state index >= 15 is 0 Å². The van der Waals surface area contributed by atoms with E-state index in [4.69, 9.17) is 0 Å². The molecule has 20 heavy (non-hydrogen) atoms. The van der Waals surface area contributed by atoms with Gasteiger partial charge in [0.15, 0.2) is 0 Å². The average molecular weight is 271 g/mol. The van der Waals surface area contributed by atoms with E-state index in [-0.39, 0.29) is 24.2 Å². The van der Waals surface area contributed by atoms with Crippen LogP contribution in [-0.4, -0.2) is 5.91 Å². The third-order valence-corrected chi connectivity index (χ3v) is 3.25. The first-order valence-corrected chi connectivity index (χ1v) is 6.78. The van der Waals surface area contributed by atoms with Crippen LogP contribution in [0.25, 0.3) is 0 Å². The average Bonchev–Trinajstić information content (AvgIpc) is 2.48. The summed E-state index contributed by atoms with van der Waals surface area (Å²) >= 11 is 0. The first-order chi connectivity index (χ1) is 9.70. The van der Waals surface area contributed by atoms with Crippen molar-refractivity contribution in [1.29, 1.82) is 0 Å². The van der Waals surface area contributed by atoms with Crippen molar-refractivity contribution < 1.29 is 9.18 Å². The molecule has 0 fully saturated rings. The quantitative estimate of drug-likeness (QED) is 0.884. The SMILES string of the molecule is CC[C@@H](NC(=O)Cc1ccccc1F)c1ccccc1. The number of carbonyl (C=O) groups excluding carboxylic acids is 1. The molecule has 1 N–H and O–H groups in total. The van der Waals surface area contributed by atoms with Crippen LogP contribution in [-0.2, 0) is 11.2 Å². The van der Waals surface area contributed by atoms with Crippen LogP contribution >= 0.6 is 0 Å². The molecular formula is C17H18FNO. The summed E-state index contributed by atoms with van der Waals surface area (Å²) in [6, 6.07) is 16.1. The van der Waals surface area contributed by atoms with Gasteiger partial charge in [0.2, 0.25) is 5.91 Å². The van der Waals surface area contributed by atoms with Gasteiger partial charge in [-0.05, 0) is 23.6 Å². The van der Waals surface area contributed by atoms with Crippen molar-refractivity contribution in [3.05, 3.63) is 71.5 Å². The van der Waals surface area contributed by atoms with Gasteiger partial charge in [-0.2, -0.15) is 0 Å². The molecule has 0 saturated heterocycles. The summed E-state index contributed by atoms with van der Waals surface area (Å²) in [5.74, 6) is -0.499. The van der Waals surface area contributed by atoms with Crippen molar-refractivity contribution in [1.82, 2.24) is 5.32 Å². The second kappa shape index (κ2) is 6.85. The number of hydrogen-bond acceptors (Lipinski definition) is 1. The van der Waals surface area contributed by atoms with E-state index in [9.17, 15) is 9.18 Å². The second-order valence-electron chi connectivity index (χ2n) is 4.71. The topological polar surface area (TPSA) is 29.1 Å². The largest absolute Gasteiger partial charge is 0.349 e. The summed E-state index contributed by atoms with van der Waals surface area (Å²) in [6.45, 7) is 2.01. The van der Waals surface area contributed by atoms with Crippen molar-refractivity contribution in [3.8, 4) is 0 Å². The molecule has 2 nitrogen and oxygen atoms in total. The second-order valence-corrected chi connectivity index (χ2v) is 4.71. The highest BCUT2D eigenvalue weighted by Gasteiger charge is 2.13. The molecule has 0 radical (unpaired) electrons. The molecule has 2 aromatic carbocycles. The van der Waals surface area contributed by atoms with Crippen molar-refractivity contribution in [3.63, 3.8) is 0 Å². The van der Waals surface area contributed by atoms with Crippen LogP contribution in [0.4, 0.5) is 4.39 Å². The van der Waals surface area contributed by atoms with Crippen molar-refractivity contribution in [2.75, 3.05) is 0 Å². The molecular weight excluding hydrogens is 253 g/mol. The van der Waals surface area contributed by atoms with Gasteiger partial charge in [-0.1, -0.05) is 55.5 Å². The molecule has 0 heterocycles. The monoisotopic (exact) mass is 271 g/mol. The zero-order valence-electron chi connectivity index (χ0n) is 11.5. The van der Waals surface area contributed by atoms with E-state index in [1.807, 2.05) is 37.3 Å². The van der Waals surface area contributed by atoms with Crippen LogP contribution in [0.3, 0.4) is 0 Å². The molecule has 0 unspecified atom stereocenters. The molecule has 0 spiro atoms. The summed E-state index contributed by atoms with van der Waals surface area (Å²) in [6.07, 6.45) is 0.864. The van der Waals surface area contributed by atoms with Crippen LogP contribution in [0, 0.1) is 5.82 Å². The highest BCUT2D eigenvalue weighted by molar-refractivity contribution is 5.79. The number of carbonyl (C=O) groups is 1. The molecule has 3 heteroatoms. The van der Waals surface area contributed by atoms with E-state index in [0.717, 1.165) is 12.0 Å². The van der Waals surface area contributed by atoms with Gasteiger partial charge in [0.05, 0.1) is 12.5 Å². The van der Waals surface area contributed by atoms with Crippen LogP contribution in [0.5, 0.6) is 0 Å². The molecule has 0 saturated carbocycles. The van der Waals surface area contributed by atoms with Crippen molar-refractivity contribution in [2.45, 2.75) is 25.8 Å². The smallest absolute Gasteiger partial charge is 0.225 e. The molecule has 0 aliphatic heterocycles. The molecule has 1 atom stereocenters. The lowest BCUT2D eigenvalue weighted by molar-refractivity contribution is -0.121. The fourth-order valence-electron chi connectivity index (χ4n) is 2.17. The maximum atomic E-state index is 13.5. The lowest BCUT2D eigenvalue weighted by Gasteiger charge is -2.17. The zero-order valence-corrected chi connectivity index (χ0v) is 11.5. The van der Waals surface area contributed by atoms with Crippen LogP contribution in [0.2, 0.25) is 0 Å². The van der Waals surface area contributed by atoms with E-state index in [2.05, 4.69) is 5.32 Å². The summed E-state index contributed by atoms with van der Waals surface area (Å²) in [5.41, 5.74) is 1.49. The predicted molar refractivity (Wildman–Crippen MR) is 77.7 cm³/mol. The van der Waals surface area contributed by atoms with E-state index < -0.39 is 0 Å². The fourth-order valence-corrected chi connectivity index (χ4v) is 2.17. The Balaban J connectivity index is 2.02. The number of halogens is 1. The zero-order chi connectivity index (χ0) is 14.4. The Morgan fingerprint density at radius 1 is 1.10 bits per heavy atom. The highest BCUT2D eigenvalue weighted by atomic mass is 19.1. The Morgan fingerprint density at radius 3 is 2.40 bits per heavy atom. The Bertz CT molecular complexity index is 568. The number of nitrogens with one attached hydrogen (secondary N) is 1. The minimum Gasteiger partial charge on any atom is -0.349 e. The van der Waals surface area contributed by atoms with Crippen LogP contribution in [0.15, 0.2) is 54.6 Å².